The van der Waals surface area contributed by atoms with Crippen LogP contribution in [-0.4, -0.2) is 42.1 Å². The summed E-state index contributed by atoms with van der Waals surface area (Å²) < 4.78 is 0. The lowest BCUT2D eigenvalue weighted by Gasteiger charge is -2.23. The van der Waals surface area contributed by atoms with Gasteiger partial charge in [0, 0.05) is 27.2 Å². The summed E-state index contributed by atoms with van der Waals surface area (Å²) in [5.74, 6) is 3.00. The number of nitrogens with zero attached hydrogens (tertiary/aromatic N) is 5. The zero-order chi connectivity index (χ0) is 13.4. The van der Waals surface area contributed by atoms with E-state index in [-0.39, 0.29) is 5.28 Å². The molecule has 2 aliphatic rings. The van der Waals surface area contributed by atoms with Crippen molar-refractivity contribution in [1.29, 1.82) is 0 Å². The van der Waals surface area contributed by atoms with E-state index in [0.717, 1.165) is 30.9 Å². The average molecular weight is 282 g/mol. The van der Waals surface area contributed by atoms with E-state index in [4.69, 9.17) is 11.6 Å². The molecule has 0 amide bonds. The third-order valence-electron chi connectivity index (χ3n) is 3.62. The second-order valence-electron chi connectivity index (χ2n) is 5.89. The van der Waals surface area contributed by atoms with Gasteiger partial charge < -0.3 is 9.80 Å². The molecule has 5 nitrogen and oxygen atoms in total. The highest BCUT2D eigenvalue weighted by Crippen LogP contribution is 2.35. The van der Waals surface area contributed by atoms with Crippen LogP contribution in [0, 0.1) is 11.8 Å². The first-order chi connectivity index (χ1) is 9.11. The number of hydrogen-bond donors (Lipinski definition) is 0. The van der Waals surface area contributed by atoms with Gasteiger partial charge in [-0.3, -0.25) is 0 Å². The molecule has 104 valence electrons. The van der Waals surface area contributed by atoms with Crippen molar-refractivity contribution in [2.24, 2.45) is 11.8 Å². The van der Waals surface area contributed by atoms with E-state index in [1.807, 2.05) is 19.0 Å². The van der Waals surface area contributed by atoms with Crippen molar-refractivity contribution in [3.05, 3.63) is 5.28 Å². The first kappa shape index (κ1) is 12.9. The van der Waals surface area contributed by atoms with Gasteiger partial charge in [0.05, 0.1) is 0 Å². The molecule has 0 radical (unpaired) electrons. The molecule has 0 bridgehead atoms. The van der Waals surface area contributed by atoms with E-state index < -0.39 is 0 Å². The van der Waals surface area contributed by atoms with Gasteiger partial charge in [-0.05, 0) is 49.1 Å². The maximum absolute atomic E-state index is 6.03. The topological polar surface area (TPSA) is 45.2 Å². The highest BCUT2D eigenvalue weighted by molar-refractivity contribution is 6.28. The average Bonchev–Trinajstić information content (AvgIpc) is 3.22. The van der Waals surface area contributed by atoms with Crippen molar-refractivity contribution in [1.82, 2.24) is 15.0 Å². The van der Waals surface area contributed by atoms with Crippen molar-refractivity contribution in [3.63, 3.8) is 0 Å². The second-order valence-corrected chi connectivity index (χ2v) is 6.23. The molecule has 6 heteroatoms. The minimum atomic E-state index is 0.283. The van der Waals surface area contributed by atoms with E-state index in [0.29, 0.717) is 5.95 Å². The standard InChI is InChI=1S/C13H20ClN5/c1-18(2)12-15-11(14)16-13(17-12)19(7-9-3-4-9)8-10-5-6-10/h9-10H,3-8H2,1-2H3. The van der Waals surface area contributed by atoms with Crippen LogP contribution in [0.4, 0.5) is 11.9 Å². The summed E-state index contributed by atoms with van der Waals surface area (Å²) in [4.78, 5) is 17.2. The molecule has 3 rings (SSSR count). The lowest BCUT2D eigenvalue weighted by molar-refractivity contribution is 0.659. The van der Waals surface area contributed by atoms with Crippen LogP contribution < -0.4 is 9.80 Å². The fourth-order valence-electron chi connectivity index (χ4n) is 2.13. The van der Waals surface area contributed by atoms with Crippen LogP contribution in [-0.2, 0) is 0 Å². The first-order valence-corrected chi connectivity index (χ1v) is 7.33. The fraction of sp³-hybridized carbons (Fsp3) is 0.769. The van der Waals surface area contributed by atoms with Gasteiger partial charge in [-0.2, -0.15) is 15.0 Å². The highest BCUT2D eigenvalue weighted by Gasteiger charge is 2.30. The summed E-state index contributed by atoms with van der Waals surface area (Å²) in [5, 5.41) is 0.283. The lowest BCUT2D eigenvalue weighted by Crippen LogP contribution is -2.30. The monoisotopic (exact) mass is 281 g/mol. The van der Waals surface area contributed by atoms with Crippen LogP contribution in [0.15, 0.2) is 0 Å². The number of anilines is 2. The predicted molar refractivity (Wildman–Crippen MR) is 76.8 cm³/mol. The van der Waals surface area contributed by atoms with Crippen LogP contribution in [0.25, 0.3) is 0 Å². The Kier molecular flexibility index (Phi) is 3.48. The lowest BCUT2D eigenvalue weighted by atomic mass is 10.3. The molecule has 0 aliphatic heterocycles. The van der Waals surface area contributed by atoms with Crippen LogP contribution >= 0.6 is 11.6 Å². The van der Waals surface area contributed by atoms with E-state index in [1.165, 1.54) is 25.7 Å². The Hall–Kier alpha value is -1.10. The summed E-state index contributed by atoms with van der Waals surface area (Å²) in [6.07, 6.45) is 5.34. The van der Waals surface area contributed by atoms with Gasteiger partial charge in [0.1, 0.15) is 0 Å². The summed E-state index contributed by atoms with van der Waals surface area (Å²) in [6, 6.07) is 0. The number of halogens is 1. The van der Waals surface area contributed by atoms with Crippen LogP contribution in [0.2, 0.25) is 5.28 Å². The molecule has 19 heavy (non-hydrogen) atoms. The van der Waals surface area contributed by atoms with Gasteiger partial charge in [-0.25, -0.2) is 0 Å². The van der Waals surface area contributed by atoms with Crippen LogP contribution in [0.1, 0.15) is 25.7 Å². The molecule has 0 saturated heterocycles. The summed E-state index contributed by atoms with van der Waals surface area (Å²) >= 11 is 6.03. The molecule has 2 saturated carbocycles. The largest absolute Gasteiger partial charge is 0.347 e. The molecule has 0 N–H and O–H groups in total. The minimum absolute atomic E-state index is 0.283. The molecule has 1 heterocycles. The van der Waals surface area contributed by atoms with Crippen molar-refractivity contribution < 1.29 is 0 Å². The maximum atomic E-state index is 6.03. The Morgan fingerprint density at radius 2 is 1.47 bits per heavy atom. The normalized spacial score (nSPS) is 18.5. The smallest absolute Gasteiger partial charge is 0.231 e. The molecule has 0 unspecified atom stereocenters. The third kappa shape index (κ3) is 3.47. The zero-order valence-electron chi connectivity index (χ0n) is 11.5. The quantitative estimate of drug-likeness (QED) is 0.800. The Bertz CT molecular complexity index is 442. The van der Waals surface area contributed by atoms with Crippen molar-refractivity contribution >= 4 is 23.5 Å². The molecular formula is C13H20ClN5. The molecule has 2 aliphatic carbocycles. The molecule has 0 aromatic carbocycles. The molecular weight excluding hydrogens is 262 g/mol. The Labute approximate surface area is 119 Å². The van der Waals surface area contributed by atoms with E-state index in [9.17, 15) is 0 Å². The van der Waals surface area contributed by atoms with Crippen molar-refractivity contribution in [2.75, 3.05) is 37.0 Å². The molecule has 0 atom stereocenters. The summed E-state index contributed by atoms with van der Waals surface area (Å²) in [6.45, 7) is 2.12. The van der Waals surface area contributed by atoms with E-state index in [2.05, 4.69) is 19.9 Å². The van der Waals surface area contributed by atoms with Gasteiger partial charge in [-0.15, -0.1) is 0 Å². The highest BCUT2D eigenvalue weighted by atomic mass is 35.5. The van der Waals surface area contributed by atoms with Gasteiger partial charge in [-0.1, -0.05) is 0 Å². The molecule has 0 spiro atoms. The number of rotatable bonds is 6. The van der Waals surface area contributed by atoms with Gasteiger partial charge in [0.2, 0.25) is 17.2 Å². The predicted octanol–water partition coefficient (Wildman–Crippen LogP) is 2.22. The van der Waals surface area contributed by atoms with Gasteiger partial charge >= 0.3 is 0 Å². The van der Waals surface area contributed by atoms with Crippen LogP contribution in [0.3, 0.4) is 0 Å². The van der Waals surface area contributed by atoms with Gasteiger partial charge in [0.15, 0.2) is 0 Å². The summed E-state index contributed by atoms with van der Waals surface area (Å²) in [5.41, 5.74) is 0. The fourth-order valence-corrected chi connectivity index (χ4v) is 2.28. The Morgan fingerprint density at radius 1 is 0.947 bits per heavy atom. The van der Waals surface area contributed by atoms with E-state index >= 15 is 0 Å². The SMILES string of the molecule is CN(C)c1nc(Cl)nc(N(CC2CC2)CC2CC2)n1. The Morgan fingerprint density at radius 3 is 1.95 bits per heavy atom. The minimum Gasteiger partial charge on any atom is -0.347 e. The van der Waals surface area contributed by atoms with Crippen LogP contribution in [0.5, 0.6) is 0 Å². The summed E-state index contributed by atoms with van der Waals surface area (Å²) in [7, 11) is 3.84. The first-order valence-electron chi connectivity index (χ1n) is 6.95. The number of aromatic nitrogens is 3. The molecule has 1 aromatic rings. The van der Waals surface area contributed by atoms with Crippen molar-refractivity contribution in [2.45, 2.75) is 25.7 Å². The molecule has 1 aromatic heterocycles. The van der Waals surface area contributed by atoms with Crippen molar-refractivity contribution in [3.8, 4) is 0 Å². The Balaban J connectivity index is 1.82. The van der Waals surface area contributed by atoms with E-state index in [1.54, 1.807) is 0 Å². The second kappa shape index (κ2) is 5.12. The zero-order valence-corrected chi connectivity index (χ0v) is 12.3. The van der Waals surface area contributed by atoms with Gasteiger partial charge in [0.25, 0.3) is 0 Å². The number of hydrogen-bond acceptors (Lipinski definition) is 5. The molecule has 2 fully saturated rings. The maximum Gasteiger partial charge on any atom is 0.231 e. The third-order valence-corrected chi connectivity index (χ3v) is 3.79.